The van der Waals surface area contributed by atoms with Gasteiger partial charge in [0.15, 0.2) is 0 Å². The number of hydrogen-bond acceptors (Lipinski definition) is 4. The maximum absolute atomic E-state index is 13.5. The Hall–Kier alpha value is -4.23. The predicted molar refractivity (Wildman–Crippen MR) is 139 cm³/mol. The van der Waals surface area contributed by atoms with E-state index in [2.05, 4.69) is 16.0 Å². The first kappa shape index (κ1) is 23.9. The zero-order chi connectivity index (χ0) is 24.8. The Morgan fingerprint density at radius 2 is 1.66 bits per heavy atom. The number of benzene rings is 3. The highest BCUT2D eigenvalue weighted by atomic mass is 19.1. The van der Waals surface area contributed by atoms with Crippen LogP contribution in [-0.4, -0.2) is 23.6 Å². The first-order valence-electron chi connectivity index (χ1n) is 11.3. The van der Waals surface area contributed by atoms with Crippen molar-refractivity contribution < 1.29 is 9.18 Å². The fourth-order valence-corrected chi connectivity index (χ4v) is 3.69. The minimum absolute atomic E-state index is 0.220. The van der Waals surface area contributed by atoms with Gasteiger partial charge in [0.1, 0.15) is 11.5 Å². The fourth-order valence-electron chi connectivity index (χ4n) is 3.69. The number of aromatic nitrogens is 1. The van der Waals surface area contributed by atoms with E-state index in [4.69, 9.17) is 0 Å². The Morgan fingerprint density at radius 3 is 2.37 bits per heavy atom. The normalized spacial score (nSPS) is 11.6. The standard InChI is InChI=1S/C28H27FN4O2/c1-19(30-2)27(34)32-25-15-16-26(21-8-4-3-5-9-21)33(28(25)35)18-20-7-6-10-24(17-20)31-23-13-11-22(29)12-14-23/h3-17,19,30-31H,18H2,1-2H3,(H,32,34). The Balaban J connectivity index is 1.69. The van der Waals surface area contributed by atoms with Gasteiger partial charge in [-0.05, 0) is 73.6 Å². The lowest BCUT2D eigenvalue weighted by atomic mass is 10.1. The molecule has 35 heavy (non-hydrogen) atoms. The number of anilines is 3. The molecule has 3 aromatic carbocycles. The molecule has 1 aromatic heterocycles. The van der Waals surface area contributed by atoms with Crippen LogP contribution in [0.3, 0.4) is 0 Å². The van der Waals surface area contributed by atoms with Gasteiger partial charge in [-0.25, -0.2) is 4.39 Å². The van der Waals surface area contributed by atoms with Gasteiger partial charge >= 0.3 is 0 Å². The van der Waals surface area contributed by atoms with Gasteiger partial charge in [0.2, 0.25) is 5.91 Å². The molecule has 0 aliphatic heterocycles. The van der Waals surface area contributed by atoms with Crippen molar-refractivity contribution in [2.45, 2.75) is 19.5 Å². The summed E-state index contributed by atoms with van der Waals surface area (Å²) in [5, 5.41) is 8.87. The van der Waals surface area contributed by atoms with Crippen LogP contribution in [0.25, 0.3) is 11.3 Å². The van der Waals surface area contributed by atoms with Gasteiger partial charge in [-0.1, -0.05) is 42.5 Å². The fraction of sp³-hybridized carbons (Fsp3) is 0.143. The van der Waals surface area contributed by atoms with E-state index in [0.717, 1.165) is 28.2 Å². The Labute approximate surface area is 203 Å². The van der Waals surface area contributed by atoms with Crippen molar-refractivity contribution in [3.8, 4) is 11.3 Å². The number of hydrogen-bond donors (Lipinski definition) is 3. The smallest absolute Gasteiger partial charge is 0.275 e. The summed E-state index contributed by atoms with van der Waals surface area (Å²) < 4.78 is 14.9. The summed E-state index contributed by atoms with van der Waals surface area (Å²) in [5.74, 6) is -0.581. The molecule has 0 spiro atoms. The van der Waals surface area contributed by atoms with Gasteiger partial charge in [-0.3, -0.25) is 9.59 Å². The summed E-state index contributed by atoms with van der Waals surface area (Å²) in [6.45, 7) is 2.03. The third kappa shape index (κ3) is 5.83. The first-order chi connectivity index (χ1) is 16.9. The van der Waals surface area contributed by atoms with Crippen LogP contribution in [0.1, 0.15) is 12.5 Å². The maximum Gasteiger partial charge on any atom is 0.275 e. The number of likely N-dealkylation sites (N-methyl/N-ethyl adjacent to an activating group) is 1. The van der Waals surface area contributed by atoms with E-state index in [9.17, 15) is 14.0 Å². The van der Waals surface area contributed by atoms with E-state index in [-0.39, 0.29) is 23.0 Å². The maximum atomic E-state index is 13.5. The third-order valence-electron chi connectivity index (χ3n) is 5.73. The molecule has 3 N–H and O–H groups in total. The molecule has 0 saturated carbocycles. The van der Waals surface area contributed by atoms with Crippen molar-refractivity contribution in [1.29, 1.82) is 0 Å². The summed E-state index contributed by atoms with van der Waals surface area (Å²) in [6, 6.07) is 26.5. The van der Waals surface area contributed by atoms with E-state index in [0.29, 0.717) is 6.54 Å². The van der Waals surface area contributed by atoms with E-state index in [1.807, 2.05) is 60.7 Å². The molecule has 7 heteroatoms. The van der Waals surface area contributed by atoms with Gasteiger partial charge in [-0.15, -0.1) is 0 Å². The minimum atomic E-state index is -0.439. The number of halogens is 1. The zero-order valence-electron chi connectivity index (χ0n) is 19.6. The van der Waals surface area contributed by atoms with E-state index < -0.39 is 6.04 Å². The molecule has 0 saturated heterocycles. The van der Waals surface area contributed by atoms with Gasteiger partial charge in [-0.2, -0.15) is 0 Å². The monoisotopic (exact) mass is 470 g/mol. The lowest BCUT2D eigenvalue weighted by Crippen LogP contribution is -2.37. The van der Waals surface area contributed by atoms with Gasteiger partial charge in [0, 0.05) is 11.4 Å². The summed E-state index contributed by atoms with van der Waals surface area (Å²) in [6.07, 6.45) is 0. The molecule has 1 atom stereocenters. The lowest BCUT2D eigenvalue weighted by molar-refractivity contribution is -0.117. The van der Waals surface area contributed by atoms with Crippen molar-refractivity contribution in [2.75, 3.05) is 17.7 Å². The first-order valence-corrected chi connectivity index (χ1v) is 11.3. The Bertz CT molecular complexity index is 1370. The minimum Gasteiger partial charge on any atom is -0.356 e. The van der Waals surface area contributed by atoms with Crippen LogP contribution >= 0.6 is 0 Å². The molecule has 4 aromatic rings. The summed E-state index contributed by atoms with van der Waals surface area (Å²) in [7, 11) is 1.69. The SMILES string of the molecule is CNC(C)C(=O)Nc1ccc(-c2ccccc2)n(Cc2cccc(Nc3ccc(F)cc3)c2)c1=O. The molecule has 1 unspecified atom stereocenters. The van der Waals surface area contributed by atoms with E-state index in [1.54, 1.807) is 36.7 Å². The summed E-state index contributed by atoms with van der Waals surface area (Å²) in [5.41, 5.74) is 4.03. The predicted octanol–water partition coefficient (Wildman–Crippen LogP) is 4.99. The van der Waals surface area contributed by atoms with Crippen LogP contribution in [0.15, 0.2) is 95.8 Å². The van der Waals surface area contributed by atoms with Crippen LogP contribution in [-0.2, 0) is 11.3 Å². The molecule has 0 bridgehead atoms. The van der Waals surface area contributed by atoms with Gasteiger partial charge < -0.3 is 20.5 Å². The number of rotatable bonds is 8. The average molecular weight is 471 g/mol. The van der Waals surface area contributed by atoms with E-state index >= 15 is 0 Å². The lowest BCUT2D eigenvalue weighted by Gasteiger charge is -2.17. The molecule has 1 amide bonds. The molecule has 0 aliphatic rings. The van der Waals surface area contributed by atoms with Crippen LogP contribution in [0.2, 0.25) is 0 Å². The van der Waals surface area contributed by atoms with Crippen LogP contribution < -0.4 is 21.5 Å². The molecule has 4 rings (SSSR count). The van der Waals surface area contributed by atoms with Gasteiger partial charge in [0.25, 0.3) is 5.56 Å². The Kier molecular flexibility index (Phi) is 7.38. The quantitative estimate of drug-likeness (QED) is 0.339. The second-order valence-electron chi connectivity index (χ2n) is 8.22. The molecule has 6 nitrogen and oxygen atoms in total. The molecular formula is C28H27FN4O2. The van der Waals surface area contributed by atoms with Crippen LogP contribution in [0.4, 0.5) is 21.5 Å². The van der Waals surface area contributed by atoms with Crippen molar-refractivity contribution >= 4 is 23.0 Å². The number of nitrogens with one attached hydrogen (secondary N) is 3. The second-order valence-corrected chi connectivity index (χ2v) is 8.22. The largest absolute Gasteiger partial charge is 0.356 e. The summed E-state index contributed by atoms with van der Waals surface area (Å²) >= 11 is 0. The number of carbonyl (C=O) groups is 1. The van der Waals surface area contributed by atoms with Crippen LogP contribution in [0, 0.1) is 5.82 Å². The highest BCUT2D eigenvalue weighted by Crippen LogP contribution is 2.22. The van der Waals surface area contributed by atoms with Crippen molar-refractivity contribution in [3.05, 3.63) is 113 Å². The van der Waals surface area contributed by atoms with Crippen molar-refractivity contribution in [2.24, 2.45) is 0 Å². The number of nitrogens with zero attached hydrogens (tertiary/aromatic N) is 1. The molecule has 1 heterocycles. The molecule has 178 valence electrons. The highest BCUT2D eigenvalue weighted by Gasteiger charge is 2.16. The second kappa shape index (κ2) is 10.8. The highest BCUT2D eigenvalue weighted by molar-refractivity contribution is 5.94. The van der Waals surface area contributed by atoms with Gasteiger partial charge in [0.05, 0.1) is 18.3 Å². The zero-order valence-corrected chi connectivity index (χ0v) is 19.6. The molecular weight excluding hydrogens is 443 g/mol. The Morgan fingerprint density at radius 1 is 0.914 bits per heavy atom. The third-order valence-corrected chi connectivity index (χ3v) is 5.73. The number of pyridine rings is 1. The molecule has 0 radical (unpaired) electrons. The average Bonchev–Trinajstić information content (AvgIpc) is 2.88. The number of amides is 1. The molecule has 0 fully saturated rings. The van der Waals surface area contributed by atoms with Crippen molar-refractivity contribution in [3.63, 3.8) is 0 Å². The van der Waals surface area contributed by atoms with Crippen molar-refractivity contribution in [1.82, 2.24) is 9.88 Å². The van der Waals surface area contributed by atoms with E-state index in [1.165, 1.54) is 12.1 Å². The number of carbonyl (C=O) groups excluding carboxylic acids is 1. The molecule has 0 aliphatic carbocycles. The summed E-state index contributed by atoms with van der Waals surface area (Å²) in [4.78, 5) is 25.9. The van der Waals surface area contributed by atoms with Crippen LogP contribution in [0.5, 0.6) is 0 Å². The topological polar surface area (TPSA) is 75.2 Å².